The topological polar surface area (TPSA) is 33.3 Å². The normalized spacial score (nSPS) is 16.6. The number of benzene rings is 1. The van der Waals surface area contributed by atoms with Crippen LogP contribution in [0.5, 0.6) is 5.75 Å². The van der Waals surface area contributed by atoms with Crippen molar-refractivity contribution in [1.82, 2.24) is 5.32 Å². The van der Waals surface area contributed by atoms with Gasteiger partial charge >= 0.3 is 0 Å². The molecule has 3 nitrogen and oxygen atoms in total. The lowest BCUT2D eigenvalue weighted by molar-refractivity contribution is 0.414. The number of methoxy groups -OCH3 is 1. The van der Waals surface area contributed by atoms with E-state index in [0.717, 1.165) is 25.4 Å². The van der Waals surface area contributed by atoms with Crippen LogP contribution in [-0.2, 0) is 6.54 Å². The van der Waals surface area contributed by atoms with Gasteiger partial charge in [0.05, 0.1) is 7.11 Å². The molecule has 0 amide bonds. The summed E-state index contributed by atoms with van der Waals surface area (Å²) in [5, 5.41) is 6.90. The molecule has 82 valence electrons. The van der Waals surface area contributed by atoms with Crippen LogP contribution in [0, 0.1) is 0 Å². The minimum absolute atomic E-state index is 0.916. The highest BCUT2D eigenvalue weighted by Gasteiger charge is 2.05. The fourth-order valence-corrected chi connectivity index (χ4v) is 1.84. The summed E-state index contributed by atoms with van der Waals surface area (Å²) >= 11 is 0. The predicted molar refractivity (Wildman–Crippen MR) is 62.4 cm³/mol. The van der Waals surface area contributed by atoms with Crippen LogP contribution in [-0.4, -0.2) is 20.2 Å². The summed E-state index contributed by atoms with van der Waals surface area (Å²) in [6.45, 7) is 3.07. The molecule has 15 heavy (non-hydrogen) atoms. The summed E-state index contributed by atoms with van der Waals surface area (Å²) in [6.07, 6.45) is 2.45. The van der Waals surface area contributed by atoms with Crippen molar-refractivity contribution >= 4 is 5.69 Å². The van der Waals surface area contributed by atoms with E-state index < -0.39 is 0 Å². The molecule has 0 aromatic heterocycles. The molecular formula is C12H18N2O. The molecule has 2 rings (SSSR count). The molecule has 1 aliphatic rings. The van der Waals surface area contributed by atoms with Crippen LogP contribution < -0.4 is 15.4 Å². The summed E-state index contributed by atoms with van der Waals surface area (Å²) in [5.74, 6) is 0.927. The van der Waals surface area contributed by atoms with Crippen LogP contribution in [0.3, 0.4) is 0 Å². The van der Waals surface area contributed by atoms with Crippen LogP contribution in [0.25, 0.3) is 0 Å². The molecule has 1 aromatic carbocycles. The van der Waals surface area contributed by atoms with Crippen LogP contribution in [0.2, 0.25) is 0 Å². The molecule has 2 N–H and O–H groups in total. The zero-order chi connectivity index (χ0) is 10.5. The van der Waals surface area contributed by atoms with Gasteiger partial charge in [0, 0.05) is 18.8 Å². The molecule has 3 heteroatoms. The Balaban J connectivity index is 2.21. The van der Waals surface area contributed by atoms with Crippen molar-refractivity contribution < 1.29 is 4.74 Å². The largest absolute Gasteiger partial charge is 0.497 e. The summed E-state index contributed by atoms with van der Waals surface area (Å²) < 4.78 is 5.23. The van der Waals surface area contributed by atoms with Crippen molar-refractivity contribution in [2.75, 3.05) is 25.5 Å². The molecule has 0 spiro atoms. The monoisotopic (exact) mass is 206 g/mol. The molecule has 1 aliphatic heterocycles. The SMILES string of the molecule is COc1ccc2c(c1)CNCCCCN2. The maximum atomic E-state index is 5.23. The molecule has 0 saturated carbocycles. The van der Waals surface area contributed by atoms with Gasteiger partial charge in [0.15, 0.2) is 0 Å². The van der Waals surface area contributed by atoms with Gasteiger partial charge in [-0.1, -0.05) is 0 Å². The standard InChI is InChI=1S/C12H18N2O/c1-15-11-4-5-12-10(8-11)9-13-6-2-3-7-14-12/h4-5,8,13-14H,2-3,6-7,9H2,1H3. The van der Waals surface area contributed by atoms with Crippen molar-refractivity contribution in [3.8, 4) is 5.75 Å². The van der Waals surface area contributed by atoms with Gasteiger partial charge in [0.25, 0.3) is 0 Å². The minimum Gasteiger partial charge on any atom is -0.497 e. The van der Waals surface area contributed by atoms with Crippen LogP contribution in [0.4, 0.5) is 5.69 Å². The fourth-order valence-electron chi connectivity index (χ4n) is 1.84. The Hall–Kier alpha value is -1.22. The van der Waals surface area contributed by atoms with Gasteiger partial charge < -0.3 is 15.4 Å². The number of hydrogen-bond donors (Lipinski definition) is 2. The van der Waals surface area contributed by atoms with E-state index in [1.54, 1.807) is 7.11 Å². The predicted octanol–water partition coefficient (Wildman–Crippen LogP) is 1.99. The Morgan fingerprint density at radius 1 is 1.20 bits per heavy atom. The first-order valence-corrected chi connectivity index (χ1v) is 5.51. The number of ether oxygens (including phenoxy) is 1. The lowest BCUT2D eigenvalue weighted by Crippen LogP contribution is -2.14. The lowest BCUT2D eigenvalue weighted by Gasteiger charge is -2.11. The van der Waals surface area contributed by atoms with E-state index in [0.29, 0.717) is 0 Å². The average molecular weight is 206 g/mol. The molecule has 0 aliphatic carbocycles. The van der Waals surface area contributed by atoms with E-state index in [1.807, 2.05) is 6.07 Å². The maximum Gasteiger partial charge on any atom is 0.119 e. The molecule has 0 atom stereocenters. The van der Waals surface area contributed by atoms with E-state index >= 15 is 0 Å². The van der Waals surface area contributed by atoms with Crippen LogP contribution in [0.15, 0.2) is 18.2 Å². The second-order valence-electron chi connectivity index (χ2n) is 3.83. The highest BCUT2D eigenvalue weighted by molar-refractivity contribution is 5.54. The number of rotatable bonds is 1. The first-order valence-electron chi connectivity index (χ1n) is 5.51. The molecule has 0 radical (unpaired) electrons. The van der Waals surface area contributed by atoms with Gasteiger partial charge in [-0.3, -0.25) is 0 Å². The zero-order valence-corrected chi connectivity index (χ0v) is 9.18. The molecule has 0 saturated heterocycles. The van der Waals surface area contributed by atoms with Crippen molar-refractivity contribution in [3.05, 3.63) is 23.8 Å². The highest BCUT2D eigenvalue weighted by Crippen LogP contribution is 2.22. The lowest BCUT2D eigenvalue weighted by atomic mass is 10.1. The van der Waals surface area contributed by atoms with Crippen molar-refractivity contribution in [3.63, 3.8) is 0 Å². The second-order valence-corrected chi connectivity index (χ2v) is 3.83. The van der Waals surface area contributed by atoms with Gasteiger partial charge in [-0.2, -0.15) is 0 Å². The van der Waals surface area contributed by atoms with Crippen molar-refractivity contribution in [1.29, 1.82) is 0 Å². The highest BCUT2D eigenvalue weighted by atomic mass is 16.5. The Labute approximate surface area is 90.8 Å². The van der Waals surface area contributed by atoms with E-state index in [-0.39, 0.29) is 0 Å². The van der Waals surface area contributed by atoms with Crippen molar-refractivity contribution in [2.24, 2.45) is 0 Å². The van der Waals surface area contributed by atoms with E-state index in [9.17, 15) is 0 Å². The van der Waals surface area contributed by atoms with Crippen molar-refractivity contribution in [2.45, 2.75) is 19.4 Å². The van der Waals surface area contributed by atoms with Crippen LogP contribution in [0.1, 0.15) is 18.4 Å². The number of hydrogen-bond acceptors (Lipinski definition) is 3. The van der Waals surface area contributed by atoms with Gasteiger partial charge in [0.1, 0.15) is 5.75 Å². The first kappa shape index (κ1) is 10.3. The summed E-state index contributed by atoms with van der Waals surface area (Å²) in [6, 6.07) is 6.20. The van der Waals surface area contributed by atoms with Gasteiger partial charge in [-0.05, 0) is 43.1 Å². The zero-order valence-electron chi connectivity index (χ0n) is 9.18. The smallest absolute Gasteiger partial charge is 0.119 e. The molecular weight excluding hydrogens is 188 g/mol. The Bertz CT molecular complexity index is 325. The minimum atomic E-state index is 0.916. The molecule has 0 bridgehead atoms. The third-order valence-corrected chi connectivity index (χ3v) is 2.72. The van der Waals surface area contributed by atoms with Gasteiger partial charge in [0.2, 0.25) is 0 Å². The fraction of sp³-hybridized carbons (Fsp3) is 0.500. The van der Waals surface area contributed by atoms with E-state index in [4.69, 9.17) is 4.74 Å². The Morgan fingerprint density at radius 3 is 2.93 bits per heavy atom. The first-order chi connectivity index (χ1) is 7.40. The molecule has 0 unspecified atom stereocenters. The molecule has 0 fully saturated rings. The Kier molecular flexibility index (Phi) is 3.45. The number of nitrogens with one attached hydrogen (secondary N) is 2. The van der Waals surface area contributed by atoms with Gasteiger partial charge in [-0.15, -0.1) is 0 Å². The maximum absolute atomic E-state index is 5.23. The molecule has 1 aromatic rings. The number of fused-ring (bicyclic) bond motifs is 1. The van der Waals surface area contributed by atoms with Crippen LogP contribution >= 0.6 is 0 Å². The second kappa shape index (κ2) is 5.03. The summed E-state index contributed by atoms with van der Waals surface area (Å²) in [5.41, 5.74) is 2.52. The summed E-state index contributed by atoms with van der Waals surface area (Å²) in [4.78, 5) is 0. The third kappa shape index (κ3) is 2.63. The Morgan fingerprint density at radius 2 is 2.07 bits per heavy atom. The summed E-state index contributed by atoms with van der Waals surface area (Å²) in [7, 11) is 1.71. The number of anilines is 1. The quantitative estimate of drug-likeness (QED) is 0.737. The van der Waals surface area contributed by atoms with E-state index in [1.165, 1.54) is 24.1 Å². The average Bonchev–Trinajstić information content (AvgIpc) is 2.39. The van der Waals surface area contributed by atoms with E-state index in [2.05, 4.69) is 22.8 Å². The molecule has 1 heterocycles. The third-order valence-electron chi connectivity index (χ3n) is 2.72. The van der Waals surface area contributed by atoms with Gasteiger partial charge in [-0.25, -0.2) is 0 Å².